The third-order valence-corrected chi connectivity index (χ3v) is 2.78. The van der Waals surface area contributed by atoms with E-state index in [4.69, 9.17) is 0 Å². The Morgan fingerprint density at radius 3 is 2.11 bits per heavy atom. The maximum Gasteiger partial charge on any atom is 0.405 e. The topological polar surface area (TPSA) is 23.5 Å². The number of aliphatic hydroxyl groups is 1. The van der Waals surface area contributed by atoms with E-state index in [9.17, 15) is 18.3 Å². The van der Waals surface area contributed by atoms with Crippen molar-refractivity contribution in [1.82, 2.24) is 0 Å². The number of hydrogen-bond donors (Lipinski definition) is 1. The Bertz CT molecular complexity index is 361. The van der Waals surface area contributed by atoms with Crippen LogP contribution in [0.15, 0.2) is 24.3 Å². The van der Waals surface area contributed by atoms with E-state index < -0.39 is 18.8 Å². The van der Waals surface area contributed by atoms with Crippen molar-refractivity contribution in [3.05, 3.63) is 29.8 Å². The van der Waals surface area contributed by atoms with E-state index in [1.807, 2.05) is 6.92 Å². The maximum absolute atomic E-state index is 12.4. The first-order valence-electron chi connectivity index (χ1n) is 5.97. The number of anilines is 1. The van der Waals surface area contributed by atoms with Gasteiger partial charge >= 0.3 is 6.18 Å². The Morgan fingerprint density at radius 2 is 1.72 bits per heavy atom. The van der Waals surface area contributed by atoms with Crippen molar-refractivity contribution in [1.29, 1.82) is 0 Å². The lowest BCUT2D eigenvalue weighted by molar-refractivity contribution is -0.119. The zero-order valence-electron chi connectivity index (χ0n) is 10.5. The highest BCUT2D eigenvalue weighted by Crippen LogP contribution is 2.24. The molecule has 0 unspecified atom stereocenters. The van der Waals surface area contributed by atoms with Crippen LogP contribution in [-0.4, -0.2) is 24.4 Å². The van der Waals surface area contributed by atoms with Gasteiger partial charge in [-0.25, -0.2) is 0 Å². The summed E-state index contributed by atoms with van der Waals surface area (Å²) in [6, 6.07) is 6.57. The minimum Gasteiger partial charge on any atom is -0.388 e. The number of hydrogen-bond acceptors (Lipinski definition) is 2. The zero-order chi connectivity index (χ0) is 13.8. The molecule has 0 saturated carbocycles. The lowest BCUT2D eigenvalue weighted by atomic mass is 10.1. The summed E-state index contributed by atoms with van der Waals surface area (Å²) in [6.45, 7) is 2.86. The molecule has 0 aromatic heterocycles. The number of halogens is 3. The normalized spacial score (nSPS) is 13.4. The van der Waals surface area contributed by atoms with E-state index in [1.54, 1.807) is 31.2 Å². The summed E-state index contributed by atoms with van der Waals surface area (Å²) in [6.07, 6.45) is -4.19. The highest BCUT2D eigenvalue weighted by atomic mass is 19.4. The van der Waals surface area contributed by atoms with Crippen LogP contribution < -0.4 is 4.90 Å². The molecule has 0 heterocycles. The third-order valence-electron chi connectivity index (χ3n) is 2.78. The molecule has 0 aliphatic rings. The van der Waals surface area contributed by atoms with Gasteiger partial charge < -0.3 is 10.0 Å². The molecule has 0 bridgehead atoms. The second-order valence-electron chi connectivity index (χ2n) is 4.14. The quantitative estimate of drug-likeness (QED) is 0.876. The molecule has 0 spiro atoms. The van der Waals surface area contributed by atoms with Gasteiger partial charge in [-0.2, -0.15) is 13.2 Å². The summed E-state index contributed by atoms with van der Waals surface area (Å²) in [5, 5.41) is 9.61. The van der Waals surface area contributed by atoms with Crippen LogP contribution in [0.5, 0.6) is 0 Å². The van der Waals surface area contributed by atoms with Gasteiger partial charge in [-0.15, -0.1) is 0 Å². The molecule has 102 valence electrons. The van der Waals surface area contributed by atoms with Crippen molar-refractivity contribution >= 4 is 5.69 Å². The zero-order valence-corrected chi connectivity index (χ0v) is 10.5. The number of rotatable bonds is 5. The number of nitrogens with zero attached hydrogens (tertiary/aromatic N) is 1. The van der Waals surface area contributed by atoms with Crippen molar-refractivity contribution in [3.63, 3.8) is 0 Å². The SMILES string of the molecule is CC[C@H](O)c1ccc(N(CC)CC(F)(F)F)cc1. The maximum atomic E-state index is 12.4. The second-order valence-corrected chi connectivity index (χ2v) is 4.14. The van der Waals surface area contributed by atoms with E-state index in [-0.39, 0.29) is 6.54 Å². The molecule has 0 fully saturated rings. The first kappa shape index (κ1) is 14.8. The van der Waals surface area contributed by atoms with Gasteiger partial charge in [0.25, 0.3) is 0 Å². The van der Waals surface area contributed by atoms with Crippen LogP contribution in [0.1, 0.15) is 31.9 Å². The smallest absolute Gasteiger partial charge is 0.388 e. The van der Waals surface area contributed by atoms with E-state index in [2.05, 4.69) is 0 Å². The fraction of sp³-hybridized carbons (Fsp3) is 0.538. The molecular formula is C13H18F3NO. The predicted molar refractivity (Wildman–Crippen MR) is 65.6 cm³/mol. The van der Waals surface area contributed by atoms with Crippen LogP contribution in [0.2, 0.25) is 0 Å². The standard InChI is InChI=1S/C13H18F3NO/c1-3-12(18)10-5-7-11(8-6-10)17(4-2)9-13(14,15)16/h5-8,12,18H,3-4,9H2,1-2H3/t12-/m0/s1. The monoisotopic (exact) mass is 261 g/mol. The van der Waals surface area contributed by atoms with E-state index in [1.165, 1.54) is 4.90 Å². The highest BCUT2D eigenvalue weighted by molar-refractivity contribution is 5.48. The van der Waals surface area contributed by atoms with Gasteiger partial charge in [-0.05, 0) is 31.0 Å². The van der Waals surface area contributed by atoms with Gasteiger partial charge in [-0.1, -0.05) is 19.1 Å². The van der Waals surface area contributed by atoms with Crippen molar-refractivity contribution in [2.24, 2.45) is 0 Å². The third kappa shape index (κ3) is 4.22. The molecule has 0 saturated heterocycles. The Morgan fingerprint density at radius 1 is 1.17 bits per heavy atom. The Balaban J connectivity index is 2.82. The fourth-order valence-corrected chi connectivity index (χ4v) is 1.75. The van der Waals surface area contributed by atoms with E-state index >= 15 is 0 Å². The van der Waals surface area contributed by atoms with Gasteiger partial charge in [0.05, 0.1) is 6.10 Å². The minimum atomic E-state index is -4.21. The molecule has 0 amide bonds. The summed E-state index contributed by atoms with van der Waals surface area (Å²) >= 11 is 0. The average Bonchev–Trinajstić information content (AvgIpc) is 2.34. The molecular weight excluding hydrogens is 243 g/mol. The first-order chi connectivity index (χ1) is 8.37. The van der Waals surface area contributed by atoms with Crippen molar-refractivity contribution in [2.45, 2.75) is 32.5 Å². The molecule has 0 aliphatic carbocycles. The summed E-state index contributed by atoms with van der Waals surface area (Å²) in [5.74, 6) is 0. The van der Waals surface area contributed by atoms with Gasteiger partial charge in [0.1, 0.15) is 6.54 Å². The molecule has 1 aromatic carbocycles. The fourth-order valence-electron chi connectivity index (χ4n) is 1.75. The molecule has 0 radical (unpaired) electrons. The summed E-state index contributed by atoms with van der Waals surface area (Å²) in [5.41, 5.74) is 1.24. The van der Waals surface area contributed by atoms with Gasteiger partial charge in [0.15, 0.2) is 0 Å². The summed E-state index contributed by atoms with van der Waals surface area (Å²) < 4.78 is 37.1. The lowest BCUT2D eigenvalue weighted by Gasteiger charge is -2.24. The van der Waals surface area contributed by atoms with Gasteiger partial charge in [0.2, 0.25) is 0 Å². The van der Waals surface area contributed by atoms with Crippen LogP contribution in [0.3, 0.4) is 0 Å². The first-order valence-corrected chi connectivity index (χ1v) is 5.97. The second kappa shape index (κ2) is 6.09. The van der Waals surface area contributed by atoms with Crippen LogP contribution in [-0.2, 0) is 0 Å². The Labute approximate surface area is 105 Å². The number of benzene rings is 1. The van der Waals surface area contributed by atoms with Crippen molar-refractivity contribution < 1.29 is 18.3 Å². The molecule has 1 atom stereocenters. The highest BCUT2D eigenvalue weighted by Gasteiger charge is 2.30. The van der Waals surface area contributed by atoms with Crippen LogP contribution >= 0.6 is 0 Å². The minimum absolute atomic E-state index is 0.287. The van der Waals surface area contributed by atoms with Crippen LogP contribution in [0, 0.1) is 0 Å². The van der Waals surface area contributed by atoms with Gasteiger partial charge in [-0.3, -0.25) is 0 Å². The molecule has 0 aliphatic heterocycles. The summed E-state index contributed by atoms with van der Waals surface area (Å²) in [4.78, 5) is 1.25. The molecule has 5 heteroatoms. The molecule has 2 nitrogen and oxygen atoms in total. The van der Waals surface area contributed by atoms with Crippen molar-refractivity contribution in [2.75, 3.05) is 18.0 Å². The Kier molecular flexibility index (Phi) is 5.02. The van der Waals surface area contributed by atoms with Crippen LogP contribution in [0.4, 0.5) is 18.9 Å². The molecule has 1 aromatic rings. The molecule has 1 N–H and O–H groups in total. The largest absolute Gasteiger partial charge is 0.405 e. The lowest BCUT2D eigenvalue weighted by Crippen LogP contribution is -2.34. The summed E-state index contributed by atoms with van der Waals surface area (Å²) in [7, 11) is 0. The van der Waals surface area contributed by atoms with Gasteiger partial charge in [0, 0.05) is 12.2 Å². The Hall–Kier alpha value is -1.23. The van der Waals surface area contributed by atoms with E-state index in [0.29, 0.717) is 12.1 Å². The molecule has 18 heavy (non-hydrogen) atoms. The van der Waals surface area contributed by atoms with Crippen LogP contribution in [0.25, 0.3) is 0 Å². The number of alkyl halides is 3. The van der Waals surface area contributed by atoms with Crippen molar-refractivity contribution in [3.8, 4) is 0 Å². The molecule has 1 rings (SSSR count). The predicted octanol–water partition coefficient (Wildman–Crippen LogP) is 3.52. The van der Waals surface area contributed by atoms with E-state index in [0.717, 1.165) is 5.56 Å². The average molecular weight is 261 g/mol. The number of aliphatic hydroxyl groups excluding tert-OH is 1.